The first-order valence-electron chi connectivity index (χ1n) is 6.43. The normalized spacial score (nSPS) is 16.8. The summed E-state index contributed by atoms with van der Waals surface area (Å²) in [7, 11) is 0. The fourth-order valence-electron chi connectivity index (χ4n) is 2.84. The molecule has 0 fully saturated rings. The molecule has 0 amide bonds. The summed E-state index contributed by atoms with van der Waals surface area (Å²) < 4.78 is 6.08. The maximum atomic E-state index is 6.06. The van der Waals surface area contributed by atoms with Crippen LogP contribution in [0.25, 0.3) is 16.3 Å². The van der Waals surface area contributed by atoms with E-state index in [2.05, 4.69) is 50.7 Å². The molecule has 19 heavy (non-hydrogen) atoms. The summed E-state index contributed by atoms with van der Waals surface area (Å²) in [5.41, 5.74) is 9.89. The SMILES string of the molecule is NC1=[N][Y][C]2=C1C(c1ccc3ccccc3c1)=CC2. The fourth-order valence-corrected chi connectivity index (χ4v) is 5.49. The number of hydrogen-bond acceptors (Lipinski definition) is 2. The third-order valence-corrected chi connectivity index (χ3v) is 6.85. The van der Waals surface area contributed by atoms with Crippen LogP contribution in [-0.4, -0.2) is 5.84 Å². The van der Waals surface area contributed by atoms with Crippen molar-refractivity contribution >= 4 is 22.2 Å². The van der Waals surface area contributed by atoms with Gasteiger partial charge in [-0.2, -0.15) is 0 Å². The first-order valence-corrected chi connectivity index (χ1v) is 9.11. The van der Waals surface area contributed by atoms with E-state index in [9.17, 15) is 0 Å². The molecule has 2 aromatic rings. The predicted octanol–water partition coefficient (Wildman–Crippen LogP) is 3.25. The van der Waals surface area contributed by atoms with Gasteiger partial charge in [0.1, 0.15) is 0 Å². The molecule has 0 saturated heterocycles. The standard InChI is InChI=1S/C16H12N2.Y/c17-16(18)15-7-3-6-14(15)13-9-8-11-4-1-2-5-12(11)10-13;/h1-2,4-6,8-10H,3H2,(H2-,17,18);/q-1;+1. The topological polar surface area (TPSA) is 38.4 Å². The minimum absolute atomic E-state index is 0.785. The van der Waals surface area contributed by atoms with Crippen LogP contribution in [-0.2, 0) is 29.5 Å². The van der Waals surface area contributed by atoms with E-state index in [1.54, 1.807) is 2.38 Å². The van der Waals surface area contributed by atoms with Crippen molar-refractivity contribution in [3.05, 3.63) is 62.1 Å². The molecule has 0 bridgehead atoms. The second-order valence-electron chi connectivity index (χ2n) is 4.93. The summed E-state index contributed by atoms with van der Waals surface area (Å²) in [4.78, 5) is 0. The summed E-state index contributed by atoms with van der Waals surface area (Å²) in [6, 6.07) is 15.1. The molecule has 1 aliphatic carbocycles. The molecule has 3 heteroatoms. The van der Waals surface area contributed by atoms with Crippen LogP contribution in [0.5, 0.6) is 0 Å². The molecule has 0 saturated carbocycles. The monoisotopic (exact) mass is 321 g/mol. The Morgan fingerprint density at radius 3 is 2.79 bits per heavy atom. The van der Waals surface area contributed by atoms with E-state index in [1.807, 2.05) is 0 Å². The molecule has 2 aliphatic rings. The van der Waals surface area contributed by atoms with Crippen LogP contribution in [0.1, 0.15) is 12.0 Å². The molecular weight excluding hydrogens is 309 g/mol. The van der Waals surface area contributed by atoms with Crippen LogP contribution >= 0.6 is 0 Å². The summed E-state index contributed by atoms with van der Waals surface area (Å²) in [6.45, 7) is 0. The Morgan fingerprint density at radius 1 is 1.05 bits per heavy atom. The number of allylic oxidation sites excluding steroid dienone is 2. The molecule has 1 aliphatic heterocycles. The molecule has 0 aromatic heterocycles. The predicted molar refractivity (Wildman–Crippen MR) is 75.2 cm³/mol. The number of benzene rings is 2. The van der Waals surface area contributed by atoms with E-state index in [1.165, 1.54) is 27.5 Å². The van der Waals surface area contributed by atoms with Gasteiger partial charge in [0, 0.05) is 0 Å². The van der Waals surface area contributed by atoms with Crippen molar-refractivity contribution in [2.75, 3.05) is 0 Å². The van der Waals surface area contributed by atoms with Crippen molar-refractivity contribution in [1.29, 1.82) is 0 Å². The van der Waals surface area contributed by atoms with E-state index in [0.717, 1.165) is 12.3 Å². The van der Waals surface area contributed by atoms with Crippen LogP contribution in [0.3, 0.4) is 0 Å². The summed E-state index contributed by atoms with van der Waals surface area (Å²) in [6.07, 6.45) is 3.39. The molecular formula is C16H12N2Y. The fraction of sp³-hybridized carbons (Fsp3) is 0.0625. The van der Waals surface area contributed by atoms with E-state index in [0.29, 0.717) is 0 Å². The van der Waals surface area contributed by atoms with Crippen LogP contribution in [0.2, 0.25) is 0 Å². The van der Waals surface area contributed by atoms with Crippen molar-refractivity contribution < 1.29 is 29.5 Å². The van der Waals surface area contributed by atoms with Crippen molar-refractivity contribution in [3.63, 3.8) is 0 Å². The Hall–Kier alpha value is -1.25. The molecule has 0 radical (unpaired) electrons. The molecule has 2 aromatic carbocycles. The minimum atomic E-state index is -0.917. The Bertz CT molecular complexity index is 784. The van der Waals surface area contributed by atoms with Gasteiger partial charge in [-0.25, -0.2) is 0 Å². The van der Waals surface area contributed by atoms with E-state index >= 15 is 0 Å². The molecule has 0 atom stereocenters. The van der Waals surface area contributed by atoms with Gasteiger partial charge in [-0.15, -0.1) is 0 Å². The van der Waals surface area contributed by atoms with Crippen molar-refractivity contribution in [2.24, 2.45) is 7.86 Å². The first kappa shape index (κ1) is 11.6. The van der Waals surface area contributed by atoms with Gasteiger partial charge >= 0.3 is 128 Å². The third-order valence-electron chi connectivity index (χ3n) is 3.79. The van der Waals surface area contributed by atoms with Gasteiger partial charge in [-0.3, -0.25) is 0 Å². The Morgan fingerprint density at radius 2 is 1.89 bits per heavy atom. The number of hydrogen-bond donors (Lipinski definition) is 1. The van der Waals surface area contributed by atoms with Crippen molar-refractivity contribution in [3.8, 4) is 0 Å². The average Bonchev–Trinajstić information content (AvgIpc) is 3.02. The number of nitrogens with zero attached hydrogens (tertiary/aromatic N) is 1. The quantitative estimate of drug-likeness (QED) is 0.860. The molecule has 89 valence electrons. The zero-order valence-corrected chi connectivity index (χ0v) is 13.3. The van der Waals surface area contributed by atoms with Crippen molar-refractivity contribution in [2.45, 2.75) is 6.42 Å². The second-order valence-corrected chi connectivity index (χ2v) is 7.91. The van der Waals surface area contributed by atoms with Crippen LogP contribution in [0.4, 0.5) is 0 Å². The van der Waals surface area contributed by atoms with Gasteiger partial charge in [0.2, 0.25) is 0 Å². The van der Waals surface area contributed by atoms with Crippen LogP contribution < -0.4 is 5.73 Å². The molecule has 2 N–H and O–H groups in total. The number of nitrogens with two attached hydrogens (primary N) is 1. The van der Waals surface area contributed by atoms with Gasteiger partial charge in [-0.1, -0.05) is 0 Å². The van der Waals surface area contributed by atoms with E-state index in [4.69, 9.17) is 5.73 Å². The molecule has 0 unspecified atom stereocenters. The summed E-state index contributed by atoms with van der Waals surface area (Å²) >= 11 is -0.917. The zero-order valence-electron chi connectivity index (χ0n) is 10.4. The molecule has 1 heterocycles. The molecule has 2 nitrogen and oxygen atoms in total. The number of amidine groups is 1. The first-order chi connectivity index (χ1) is 9.33. The van der Waals surface area contributed by atoms with Gasteiger partial charge in [0.15, 0.2) is 0 Å². The van der Waals surface area contributed by atoms with Gasteiger partial charge in [0.25, 0.3) is 0 Å². The van der Waals surface area contributed by atoms with Crippen LogP contribution in [0, 0.1) is 0 Å². The van der Waals surface area contributed by atoms with Gasteiger partial charge < -0.3 is 0 Å². The summed E-state index contributed by atoms with van der Waals surface area (Å²) in [5, 5.41) is 2.56. The van der Waals surface area contributed by atoms with E-state index in [-0.39, 0.29) is 0 Å². The average molecular weight is 321 g/mol. The summed E-state index contributed by atoms with van der Waals surface area (Å²) in [5.74, 6) is 0.785. The number of rotatable bonds is 1. The molecule has 4 rings (SSSR count). The Kier molecular flexibility index (Phi) is 2.68. The number of fused-ring (bicyclic) bond motifs is 1. The third kappa shape index (κ3) is 1.82. The Labute approximate surface area is 127 Å². The van der Waals surface area contributed by atoms with E-state index < -0.39 is 29.5 Å². The van der Waals surface area contributed by atoms with Gasteiger partial charge in [-0.05, 0) is 0 Å². The Balaban J connectivity index is 1.86. The zero-order chi connectivity index (χ0) is 12.8. The van der Waals surface area contributed by atoms with Crippen LogP contribution in [0.15, 0.2) is 58.6 Å². The second kappa shape index (κ2) is 4.40. The van der Waals surface area contributed by atoms with Gasteiger partial charge in [0.05, 0.1) is 0 Å². The maximum absolute atomic E-state index is 6.06. The molecule has 0 spiro atoms. The van der Waals surface area contributed by atoms with Crippen molar-refractivity contribution in [1.82, 2.24) is 0 Å².